The second kappa shape index (κ2) is 8.25. The second-order valence-corrected chi connectivity index (χ2v) is 7.14. The third-order valence-corrected chi connectivity index (χ3v) is 4.64. The summed E-state index contributed by atoms with van der Waals surface area (Å²) in [6, 6.07) is 9.21. The molecule has 0 spiro atoms. The molecule has 146 valence electrons. The molecule has 6 heteroatoms. The highest BCUT2D eigenvalue weighted by atomic mass is 16.8. The van der Waals surface area contributed by atoms with Crippen molar-refractivity contribution < 1.29 is 23.7 Å². The highest BCUT2D eigenvalue weighted by molar-refractivity contribution is 5.68. The molecule has 2 aliphatic rings. The number of ether oxygens (including phenoxy) is 4. The number of fused-ring (bicyclic) bond motifs is 1. The van der Waals surface area contributed by atoms with E-state index in [1.807, 2.05) is 44.2 Å². The molecule has 27 heavy (non-hydrogen) atoms. The van der Waals surface area contributed by atoms with E-state index in [0.717, 1.165) is 5.56 Å². The number of rotatable bonds is 7. The Morgan fingerprint density at radius 3 is 2.63 bits per heavy atom. The van der Waals surface area contributed by atoms with Gasteiger partial charge in [0.25, 0.3) is 0 Å². The molecule has 2 aliphatic heterocycles. The SMILES string of the molecule is C=CC[C@H]1O[C@@H]2OC(C)(C)O[C@@H]2[C@@H]1N(CC=C)C(=O)OCc1ccccc1. The molecular weight excluding hydrogens is 346 g/mol. The predicted octanol–water partition coefficient (Wildman–Crippen LogP) is 3.63. The quantitative estimate of drug-likeness (QED) is 0.683. The Kier molecular flexibility index (Phi) is 5.99. The monoisotopic (exact) mass is 373 g/mol. The normalized spacial score (nSPS) is 28.4. The molecule has 1 amide bonds. The van der Waals surface area contributed by atoms with Crippen molar-refractivity contribution in [1.82, 2.24) is 4.90 Å². The Hall–Kier alpha value is -2.15. The fraction of sp³-hybridized carbons (Fsp3) is 0.476. The first-order chi connectivity index (χ1) is 12.9. The number of benzene rings is 1. The van der Waals surface area contributed by atoms with Gasteiger partial charge in [-0.1, -0.05) is 42.5 Å². The van der Waals surface area contributed by atoms with Crippen LogP contribution in [-0.4, -0.2) is 47.9 Å². The van der Waals surface area contributed by atoms with Crippen molar-refractivity contribution in [2.24, 2.45) is 0 Å². The van der Waals surface area contributed by atoms with Crippen LogP contribution in [0.2, 0.25) is 0 Å². The molecule has 0 bridgehead atoms. The second-order valence-electron chi connectivity index (χ2n) is 7.14. The first-order valence-corrected chi connectivity index (χ1v) is 9.15. The third kappa shape index (κ3) is 4.40. The molecule has 3 rings (SSSR count). The van der Waals surface area contributed by atoms with E-state index in [1.54, 1.807) is 17.1 Å². The van der Waals surface area contributed by atoms with Gasteiger partial charge in [-0.2, -0.15) is 0 Å². The molecule has 2 fully saturated rings. The molecule has 0 aromatic heterocycles. The summed E-state index contributed by atoms with van der Waals surface area (Å²) in [4.78, 5) is 14.5. The number of hydrogen-bond donors (Lipinski definition) is 0. The summed E-state index contributed by atoms with van der Waals surface area (Å²) in [5.41, 5.74) is 0.925. The summed E-state index contributed by atoms with van der Waals surface area (Å²) < 4.78 is 23.4. The maximum absolute atomic E-state index is 12.9. The number of amides is 1. The van der Waals surface area contributed by atoms with Crippen molar-refractivity contribution >= 4 is 6.09 Å². The van der Waals surface area contributed by atoms with E-state index in [0.29, 0.717) is 13.0 Å². The lowest BCUT2D eigenvalue weighted by molar-refractivity contribution is -0.209. The van der Waals surface area contributed by atoms with Gasteiger partial charge in [0, 0.05) is 6.54 Å². The molecule has 0 N–H and O–H groups in total. The lowest BCUT2D eigenvalue weighted by Gasteiger charge is -2.33. The van der Waals surface area contributed by atoms with Crippen molar-refractivity contribution in [3.63, 3.8) is 0 Å². The topological polar surface area (TPSA) is 57.2 Å². The summed E-state index contributed by atoms with van der Waals surface area (Å²) in [6.45, 7) is 11.8. The number of hydrogen-bond acceptors (Lipinski definition) is 5. The molecule has 6 nitrogen and oxygen atoms in total. The van der Waals surface area contributed by atoms with Crippen LogP contribution in [0.3, 0.4) is 0 Å². The van der Waals surface area contributed by atoms with Gasteiger partial charge in [-0.3, -0.25) is 4.90 Å². The fourth-order valence-electron chi connectivity index (χ4n) is 3.55. The van der Waals surface area contributed by atoms with Crippen LogP contribution in [0.1, 0.15) is 25.8 Å². The molecule has 1 aromatic rings. The van der Waals surface area contributed by atoms with Gasteiger partial charge in [-0.25, -0.2) is 4.79 Å². The van der Waals surface area contributed by atoms with Gasteiger partial charge in [0.1, 0.15) is 12.7 Å². The summed E-state index contributed by atoms with van der Waals surface area (Å²) >= 11 is 0. The maximum Gasteiger partial charge on any atom is 0.410 e. The highest BCUT2D eigenvalue weighted by Gasteiger charge is 2.57. The minimum atomic E-state index is -0.763. The van der Waals surface area contributed by atoms with Crippen molar-refractivity contribution in [3.8, 4) is 0 Å². The lowest BCUT2D eigenvalue weighted by Crippen LogP contribution is -2.51. The maximum atomic E-state index is 12.9. The van der Waals surface area contributed by atoms with Crippen molar-refractivity contribution in [1.29, 1.82) is 0 Å². The highest BCUT2D eigenvalue weighted by Crippen LogP contribution is 2.40. The zero-order valence-corrected chi connectivity index (χ0v) is 15.9. The van der Waals surface area contributed by atoms with Gasteiger partial charge in [0.2, 0.25) is 0 Å². The average molecular weight is 373 g/mol. The Morgan fingerprint density at radius 1 is 1.22 bits per heavy atom. The molecule has 0 unspecified atom stereocenters. The molecule has 0 radical (unpaired) electrons. The van der Waals surface area contributed by atoms with Gasteiger partial charge in [0.05, 0.1) is 12.1 Å². The van der Waals surface area contributed by atoms with Gasteiger partial charge < -0.3 is 18.9 Å². The fourth-order valence-corrected chi connectivity index (χ4v) is 3.55. The van der Waals surface area contributed by atoms with E-state index < -0.39 is 24.3 Å². The zero-order chi connectivity index (χ0) is 19.4. The molecule has 2 saturated heterocycles. The van der Waals surface area contributed by atoms with E-state index in [4.69, 9.17) is 18.9 Å². The van der Waals surface area contributed by atoms with Crippen LogP contribution >= 0.6 is 0 Å². The first-order valence-electron chi connectivity index (χ1n) is 9.15. The van der Waals surface area contributed by atoms with Crippen molar-refractivity contribution in [2.75, 3.05) is 6.54 Å². The van der Waals surface area contributed by atoms with Gasteiger partial charge in [-0.05, 0) is 25.8 Å². The van der Waals surface area contributed by atoms with Gasteiger partial charge in [0.15, 0.2) is 12.1 Å². The summed E-state index contributed by atoms with van der Waals surface area (Å²) in [6.07, 6.45) is 2.38. The predicted molar refractivity (Wildman–Crippen MR) is 101 cm³/mol. The van der Waals surface area contributed by atoms with Crippen molar-refractivity contribution in [2.45, 2.75) is 57.2 Å². The molecule has 1 aromatic carbocycles. The zero-order valence-electron chi connectivity index (χ0n) is 15.9. The molecule has 2 heterocycles. The third-order valence-electron chi connectivity index (χ3n) is 4.64. The Morgan fingerprint density at radius 2 is 1.96 bits per heavy atom. The average Bonchev–Trinajstić information content (AvgIpc) is 3.10. The molecule has 4 atom stereocenters. The number of carbonyl (C=O) groups excluding carboxylic acids is 1. The van der Waals surface area contributed by atoms with Crippen LogP contribution in [0.25, 0.3) is 0 Å². The van der Waals surface area contributed by atoms with Gasteiger partial charge in [-0.15, -0.1) is 13.2 Å². The van der Waals surface area contributed by atoms with Crippen LogP contribution in [-0.2, 0) is 25.6 Å². The molecule has 0 saturated carbocycles. The summed E-state index contributed by atoms with van der Waals surface area (Å²) in [7, 11) is 0. The number of nitrogens with zero attached hydrogens (tertiary/aromatic N) is 1. The summed E-state index contributed by atoms with van der Waals surface area (Å²) in [5, 5.41) is 0. The Labute approximate surface area is 160 Å². The molecule has 0 aliphatic carbocycles. The Balaban J connectivity index is 1.76. The minimum absolute atomic E-state index is 0.198. The Bertz CT molecular complexity index is 674. The van der Waals surface area contributed by atoms with Crippen LogP contribution < -0.4 is 0 Å². The van der Waals surface area contributed by atoms with E-state index in [1.165, 1.54) is 0 Å². The summed E-state index contributed by atoms with van der Waals surface area (Å²) in [5.74, 6) is -0.763. The smallest absolute Gasteiger partial charge is 0.410 e. The first kappa shape index (κ1) is 19.6. The van der Waals surface area contributed by atoms with Crippen LogP contribution in [0.4, 0.5) is 4.79 Å². The number of carbonyl (C=O) groups is 1. The molecular formula is C21H27NO5. The van der Waals surface area contributed by atoms with E-state index in [9.17, 15) is 4.79 Å². The van der Waals surface area contributed by atoms with Crippen LogP contribution in [0.15, 0.2) is 55.6 Å². The van der Waals surface area contributed by atoms with E-state index >= 15 is 0 Å². The lowest BCUT2D eigenvalue weighted by atomic mass is 10.0. The van der Waals surface area contributed by atoms with E-state index in [2.05, 4.69) is 13.2 Å². The minimum Gasteiger partial charge on any atom is -0.445 e. The largest absolute Gasteiger partial charge is 0.445 e. The standard InChI is InChI=1S/C21H27NO5/c1-5-10-16-17(18-19(25-16)27-21(3,4)26-18)22(13-6-2)20(23)24-14-15-11-8-7-9-12-15/h5-9,11-12,16-19H,1-2,10,13-14H2,3-4H3/t16-,17-,18-,19-/m1/s1. The van der Waals surface area contributed by atoms with E-state index in [-0.39, 0.29) is 18.8 Å². The van der Waals surface area contributed by atoms with Crippen LogP contribution in [0, 0.1) is 0 Å². The van der Waals surface area contributed by atoms with Gasteiger partial charge >= 0.3 is 6.09 Å². The van der Waals surface area contributed by atoms with Crippen molar-refractivity contribution in [3.05, 3.63) is 61.2 Å². The van der Waals surface area contributed by atoms with Crippen LogP contribution in [0.5, 0.6) is 0 Å².